The maximum absolute atomic E-state index is 12.9. The highest BCUT2D eigenvalue weighted by molar-refractivity contribution is 6.05. The van der Waals surface area contributed by atoms with E-state index in [4.69, 9.17) is 5.73 Å². The molecule has 1 heterocycles. The predicted molar refractivity (Wildman–Crippen MR) is 80.5 cm³/mol. The number of nitrogens with two attached hydrogens (primary N) is 1. The van der Waals surface area contributed by atoms with E-state index in [1.54, 1.807) is 4.90 Å². The van der Waals surface area contributed by atoms with Crippen LogP contribution >= 0.6 is 0 Å². The van der Waals surface area contributed by atoms with E-state index in [0.29, 0.717) is 6.54 Å². The van der Waals surface area contributed by atoms with Crippen LogP contribution in [0.1, 0.15) is 29.9 Å². The first-order chi connectivity index (χ1) is 10.0. The van der Waals surface area contributed by atoms with Crippen molar-refractivity contribution in [3.05, 3.63) is 59.7 Å². The van der Waals surface area contributed by atoms with Crippen LogP contribution in [0.2, 0.25) is 0 Å². The van der Waals surface area contributed by atoms with Gasteiger partial charge in [0.25, 0.3) is 5.91 Å². The van der Waals surface area contributed by atoms with Crippen LogP contribution in [0.3, 0.4) is 0 Å². The highest BCUT2D eigenvalue weighted by atomic mass is 19.1. The van der Waals surface area contributed by atoms with Gasteiger partial charge >= 0.3 is 0 Å². The summed E-state index contributed by atoms with van der Waals surface area (Å²) in [5.74, 6) is -0.722. The number of carbonyl (C=O) groups excluding carboxylic acids is 1. The van der Waals surface area contributed by atoms with Gasteiger partial charge in [0.05, 0.1) is 6.20 Å². The summed E-state index contributed by atoms with van der Waals surface area (Å²) < 4.78 is 12.9. The molecule has 1 aromatic heterocycles. The fourth-order valence-electron chi connectivity index (χ4n) is 2.07. The van der Waals surface area contributed by atoms with Gasteiger partial charge in [-0.3, -0.25) is 4.79 Å². The van der Waals surface area contributed by atoms with Crippen LogP contribution in [0.5, 0.6) is 0 Å². The Morgan fingerprint density at radius 1 is 1.24 bits per heavy atom. The van der Waals surface area contributed by atoms with Gasteiger partial charge in [-0.25, -0.2) is 9.37 Å². The van der Waals surface area contributed by atoms with Crippen LogP contribution in [0.4, 0.5) is 10.1 Å². The van der Waals surface area contributed by atoms with Gasteiger partial charge in [0.15, 0.2) is 0 Å². The molecule has 2 aromatic rings. The van der Waals surface area contributed by atoms with Crippen molar-refractivity contribution in [2.75, 3.05) is 4.90 Å². The van der Waals surface area contributed by atoms with Crippen molar-refractivity contribution in [3.63, 3.8) is 0 Å². The fourth-order valence-corrected chi connectivity index (χ4v) is 2.07. The van der Waals surface area contributed by atoms with Crippen LogP contribution in [-0.4, -0.2) is 16.9 Å². The Bertz CT molecular complexity index is 608. The number of aromatic nitrogens is 1. The van der Waals surface area contributed by atoms with Crippen molar-refractivity contribution < 1.29 is 9.18 Å². The third kappa shape index (κ3) is 3.44. The summed E-state index contributed by atoms with van der Waals surface area (Å²) in [4.78, 5) is 18.0. The monoisotopic (exact) mass is 287 g/mol. The highest BCUT2D eigenvalue weighted by Gasteiger charge is 2.21. The quantitative estimate of drug-likeness (QED) is 0.940. The molecule has 0 fully saturated rings. The maximum Gasteiger partial charge on any atom is 0.277 e. The van der Waals surface area contributed by atoms with Gasteiger partial charge in [0.2, 0.25) is 0 Å². The molecule has 2 N–H and O–H groups in total. The minimum atomic E-state index is -0.463. The van der Waals surface area contributed by atoms with E-state index in [2.05, 4.69) is 4.98 Å². The van der Waals surface area contributed by atoms with Crippen molar-refractivity contribution in [2.24, 2.45) is 5.73 Å². The van der Waals surface area contributed by atoms with E-state index in [0.717, 1.165) is 17.4 Å². The zero-order chi connectivity index (χ0) is 15.4. The van der Waals surface area contributed by atoms with Crippen molar-refractivity contribution in [1.29, 1.82) is 0 Å². The summed E-state index contributed by atoms with van der Waals surface area (Å²) in [6, 6.07) is 10.0. The third-order valence-electron chi connectivity index (χ3n) is 3.13. The van der Waals surface area contributed by atoms with Crippen LogP contribution < -0.4 is 10.6 Å². The van der Waals surface area contributed by atoms with Gasteiger partial charge in [0, 0.05) is 18.3 Å². The minimum absolute atomic E-state index is 0.0481. The van der Waals surface area contributed by atoms with Crippen molar-refractivity contribution in [1.82, 2.24) is 4.98 Å². The number of halogens is 1. The van der Waals surface area contributed by atoms with Gasteiger partial charge < -0.3 is 10.6 Å². The molecule has 5 heteroatoms. The first-order valence-electron chi connectivity index (χ1n) is 6.77. The van der Waals surface area contributed by atoms with Crippen molar-refractivity contribution >= 4 is 11.6 Å². The van der Waals surface area contributed by atoms with Crippen LogP contribution in [0.25, 0.3) is 0 Å². The number of pyridine rings is 1. The molecule has 2 rings (SSSR count). The predicted octanol–water partition coefficient (Wildman–Crippen LogP) is 2.73. The lowest BCUT2D eigenvalue weighted by atomic mass is 10.1. The average molecular weight is 287 g/mol. The van der Waals surface area contributed by atoms with Crippen molar-refractivity contribution in [2.45, 2.75) is 26.4 Å². The molecule has 0 aliphatic carbocycles. The summed E-state index contributed by atoms with van der Waals surface area (Å²) in [5, 5.41) is 0. The number of carbonyl (C=O) groups is 1. The number of anilines is 1. The molecule has 1 amide bonds. The Morgan fingerprint density at radius 3 is 2.38 bits per heavy atom. The Kier molecular flexibility index (Phi) is 4.65. The number of rotatable bonds is 4. The molecular weight excluding hydrogens is 269 g/mol. The lowest BCUT2D eigenvalue weighted by Gasteiger charge is -2.26. The number of hydrogen-bond acceptors (Lipinski definition) is 3. The van der Waals surface area contributed by atoms with E-state index in [9.17, 15) is 9.18 Å². The first-order valence-corrected chi connectivity index (χ1v) is 6.77. The van der Waals surface area contributed by atoms with E-state index in [1.807, 2.05) is 38.1 Å². The van der Waals surface area contributed by atoms with Gasteiger partial charge in [-0.1, -0.05) is 12.1 Å². The van der Waals surface area contributed by atoms with E-state index < -0.39 is 5.82 Å². The van der Waals surface area contributed by atoms with Gasteiger partial charge in [-0.05, 0) is 43.7 Å². The number of benzene rings is 1. The number of amides is 1. The Labute approximate surface area is 123 Å². The third-order valence-corrected chi connectivity index (χ3v) is 3.13. The average Bonchev–Trinajstić information content (AvgIpc) is 2.48. The lowest BCUT2D eigenvalue weighted by molar-refractivity contribution is 0.0975. The smallest absolute Gasteiger partial charge is 0.277 e. The second kappa shape index (κ2) is 6.45. The molecule has 1 aromatic carbocycles. The molecule has 0 bridgehead atoms. The lowest BCUT2D eigenvalue weighted by Crippen LogP contribution is -2.37. The minimum Gasteiger partial charge on any atom is -0.326 e. The molecule has 4 nitrogen and oxygen atoms in total. The Morgan fingerprint density at radius 2 is 1.90 bits per heavy atom. The van der Waals surface area contributed by atoms with Crippen LogP contribution in [0.15, 0.2) is 42.6 Å². The van der Waals surface area contributed by atoms with E-state index >= 15 is 0 Å². The summed E-state index contributed by atoms with van der Waals surface area (Å²) in [6.07, 6.45) is 1.04. The fraction of sp³-hybridized carbons (Fsp3) is 0.250. The highest BCUT2D eigenvalue weighted by Crippen LogP contribution is 2.20. The Hall–Kier alpha value is -2.27. The van der Waals surface area contributed by atoms with Gasteiger partial charge in [-0.2, -0.15) is 0 Å². The molecule has 0 saturated heterocycles. The maximum atomic E-state index is 12.9. The zero-order valence-corrected chi connectivity index (χ0v) is 12.1. The van der Waals surface area contributed by atoms with Gasteiger partial charge in [0.1, 0.15) is 11.5 Å². The molecule has 0 aliphatic heterocycles. The molecule has 110 valence electrons. The second-order valence-electron chi connectivity index (χ2n) is 5.00. The molecular formula is C16H18FN3O. The number of hydrogen-bond donors (Lipinski definition) is 1. The van der Waals surface area contributed by atoms with E-state index in [-0.39, 0.29) is 17.6 Å². The van der Waals surface area contributed by atoms with Crippen LogP contribution in [-0.2, 0) is 6.54 Å². The molecule has 0 atom stereocenters. The molecule has 0 saturated carbocycles. The molecule has 0 radical (unpaired) electrons. The number of nitrogens with zero attached hydrogens (tertiary/aromatic N) is 2. The molecule has 21 heavy (non-hydrogen) atoms. The summed E-state index contributed by atoms with van der Waals surface area (Å²) in [7, 11) is 0. The summed E-state index contributed by atoms with van der Waals surface area (Å²) >= 11 is 0. The van der Waals surface area contributed by atoms with Gasteiger partial charge in [-0.15, -0.1) is 0 Å². The van der Waals surface area contributed by atoms with Crippen molar-refractivity contribution in [3.8, 4) is 0 Å². The first kappa shape index (κ1) is 15.1. The SMILES string of the molecule is CC(C)N(C(=O)c1ccc(F)cn1)c1ccc(CN)cc1. The zero-order valence-electron chi connectivity index (χ0n) is 12.1. The molecule has 0 unspecified atom stereocenters. The van der Waals surface area contributed by atoms with E-state index in [1.165, 1.54) is 12.1 Å². The molecule has 0 spiro atoms. The standard InChI is InChI=1S/C16H18FN3O/c1-11(2)20(14-6-3-12(9-18)4-7-14)16(21)15-8-5-13(17)10-19-15/h3-8,10-11H,9,18H2,1-2H3. The Balaban J connectivity index is 2.33. The summed E-state index contributed by atoms with van der Waals surface area (Å²) in [5.41, 5.74) is 7.55. The summed E-state index contributed by atoms with van der Waals surface area (Å²) in [6.45, 7) is 4.28. The molecule has 0 aliphatic rings. The normalized spacial score (nSPS) is 10.7. The largest absolute Gasteiger partial charge is 0.326 e. The topological polar surface area (TPSA) is 59.2 Å². The van der Waals surface area contributed by atoms with Crippen LogP contribution in [0, 0.1) is 5.82 Å². The second-order valence-corrected chi connectivity index (χ2v) is 5.00.